The van der Waals surface area contributed by atoms with E-state index in [1.54, 1.807) is 6.07 Å². The van der Waals surface area contributed by atoms with Crippen LogP contribution in [0.25, 0.3) is 10.9 Å². The third kappa shape index (κ3) is 4.45. The Morgan fingerprint density at radius 1 is 1.24 bits per heavy atom. The Kier molecular flexibility index (Phi) is 5.81. The highest BCUT2D eigenvalue weighted by Crippen LogP contribution is 2.11. The van der Waals surface area contributed by atoms with E-state index in [0.29, 0.717) is 23.9 Å². The van der Waals surface area contributed by atoms with Gasteiger partial charge in [-0.15, -0.1) is 0 Å². The molecule has 1 aromatic heterocycles. The van der Waals surface area contributed by atoms with Crippen molar-refractivity contribution in [3.05, 3.63) is 40.9 Å². The average molecular weight is 342 g/mol. The normalized spacial score (nSPS) is 16.2. The number of rotatable bonds is 6. The highest BCUT2D eigenvalue weighted by atomic mass is 16.2. The van der Waals surface area contributed by atoms with Crippen molar-refractivity contribution in [1.82, 2.24) is 19.8 Å². The van der Waals surface area contributed by atoms with Gasteiger partial charge in [0.05, 0.1) is 17.2 Å². The lowest BCUT2D eigenvalue weighted by atomic mass is 10.0. The minimum absolute atomic E-state index is 0.00833. The van der Waals surface area contributed by atoms with Crippen LogP contribution in [0.5, 0.6) is 0 Å². The Morgan fingerprint density at radius 3 is 2.76 bits per heavy atom. The van der Waals surface area contributed by atoms with Crippen LogP contribution in [0.2, 0.25) is 0 Å². The lowest BCUT2D eigenvalue weighted by Gasteiger charge is -2.32. The van der Waals surface area contributed by atoms with Crippen LogP contribution in [-0.4, -0.2) is 46.0 Å². The molecule has 2 aromatic rings. The molecule has 1 aliphatic rings. The number of piperidine rings is 1. The van der Waals surface area contributed by atoms with Crippen LogP contribution in [-0.2, 0) is 11.3 Å². The molecule has 2 heterocycles. The van der Waals surface area contributed by atoms with Crippen LogP contribution >= 0.6 is 0 Å². The van der Waals surface area contributed by atoms with Crippen LogP contribution in [0, 0.1) is 0 Å². The van der Waals surface area contributed by atoms with Crippen LogP contribution < -0.4 is 10.9 Å². The fourth-order valence-corrected chi connectivity index (χ4v) is 3.40. The van der Waals surface area contributed by atoms with Gasteiger partial charge in [0.25, 0.3) is 5.56 Å². The highest BCUT2D eigenvalue weighted by molar-refractivity contribution is 5.77. The molecule has 1 aliphatic heterocycles. The van der Waals surface area contributed by atoms with Gasteiger partial charge in [-0.05, 0) is 37.9 Å². The molecular weight excluding hydrogens is 316 g/mol. The summed E-state index contributed by atoms with van der Waals surface area (Å²) in [5.41, 5.74) is 0.596. The number of hydrogen-bond donors (Lipinski definition) is 1. The SMILES string of the molecule is CCCN1CCC(NC(=O)CCn2cnc3ccccc3c2=O)CC1. The topological polar surface area (TPSA) is 67.2 Å². The van der Waals surface area contributed by atoms with Crippen molar-refractivity contribution in [3.63, 3.8) is 0 Å². The summed E-state index contributed by atoms with van der Waals surface area (Å²) < 4.78 is 1.52. The molecule has 1 saturated heterocycles. The van der Waals surface area contributed by atoms with Gasteiger partial charge in [0.2, 0.25) is 5.91 Å². The van der Waals surface area contributed by atoms with Crippen molar-refractivity contribution in [2.24, 2.45) is 0 Å². The molecule has 0 bridgehead atoms. The van der Waals surface area contributed by atoms with Crippen molar-refractivity contribution in [3.8, 4) is 0 Å². The second-order valence-corrected chi connectivity index (χ2v) is 6.69. The Bertz CT molecular complexity index is 778. The van der Waals surface area contributed by atoms with Crippen molar-refractivity contribution in [2.45, 2.75) is 45.2 Å². The molecule has 1 N–H and O–H groups in total. The molecule has 0 radical (unpaired) electrons. The fourth-order valence-electron chi connectivity index (χ4n) is 3.40. The Morgan fingerprint density at radius 2 is 2.00 bits per heavy atom. The smallest absolute Gasteiger partial charge is 0.261 e. The van der Waals surface area contributed by atoms with Crippen LogP contribution in [0.4, 0.5) is 0 Å². The maximum atomic E-state index is 12.4. The van der Waals surface area contributed by atoms with E-state index in [2.05, 4.69) is 22.1 Å². The number of fused-ring (bicyclic) bond motifs is 1. The van der Waals surface area contributed by atoms with E-state index in [-0.39, 0.29) is 17.5 Å². The molecule has 0 saturated carbocycles. The average Bonchev–Trinajstić information content (AvgIpc) is 2.63. The van der Waals surface area contributed by atoms with Gasteiger partial charge in [-0.25, -0.2) is 4.98 Å². The van der Waals surface area contributed by atoms with Gasteiger partial charge in [0.1, 0.15) is 0 Å². The zero-order chi connectivity index (χ0) is 17.6. The molecule has 0 atom stereocenters. The number of nitrogens with one attached hydrogen (secondary N) is 1. The van der Waals surface area contributed by atoms with Crippen molar-refractivity contribution < 1.29 is 4.79 Å². The monoisotopic (exact) mass is 342 g/mol. The predicted octanol–water partition coefficient (Wildman–Crippen LogP) is 1.78. The molecule has 0 aliphatic carbocycles. The van der Waals surface area contributed by atoms with Crippen molar-refractivity contribution in [1.29, 1.82) is 0 Å². The van der Waals surface area contributed by atoms with Crippen LogP contribution in [0.1, 0.15) is 32.6 Å². The molecule has 1 amide bonds. The number of aromatic nitrogens is 2. The van der Waals surface area contributed by atoms with Gasteiger partial charge in [-0.3, -0.25) is 14.2 Å². The number of likely N-dealkylation sites (tertiary alicyclic amines) is 1. The van der Waals surface area contributed by atoms with Crippen molar-refractivity contribution in [2.75, 3.05) is 19.6 Å². The molecule has 3 rings (SSSR count). The summed E-state index contributed by atoms with van der Waals surface area (Å²) >= 11 is 0. The molecule has 1 aromatic carbocycles. The zero-order valence-electron chi connectivity index (χ0n) is 14.8. The first-order valence-electron chi connectivity index (χ1n) is 9.13. The number of benzene rings is 1. The van der Waals surface area contributed by atoms with Crippen LogP contribution in [0.3, 0.4) is 0 Å². The van der Waals surface area contributed by atoms with Gasteiger partial charge in [0, 0.05) is 32.1 Å². The quantitative estimate of drug-likeness (QED) is 0.869. The fraction of sp³-hybridized carbons (Fsp3) is 0.526. The van der Waals surface area contributed by atoms with Crippen molar-refractivity contribution >= 4 is 16.8 Å². The minimum Gasteiger partial charge on any atom is -0.353 e. The lowest BCUT2D eigenvalue weighted by Crippen LogP contribution is -2.45. The standard InChI is InChI=1S/C19H26N4O2/c1-2-10-22-11-7-15(8-12-22)21-18(24)9-13-23-14-20-17-6-4-3-5-16(17)19(23)25/h3-6,14-15H,2,7-13H2,1H3,(H,21,24). The molecule has 0 spiro atoms. The number of carbonyl (C=O) groups is 1. The number of hydrogen-bond acceptors (Lipinski definition) is 4. The Hall–Kier alpha value is -2.21. The first-order valence-corrected chi connectivity index (χ1v) is 9.13. The van der Waals surface area contributed by atoms with E-state index in [9.17, 15) is 9.59 Å². The van der Waals surface area contributed by atoms with Crippen LogP contribution in [0.15, 0.2) is 35.4 Å². The molecular formula is C19H26N4O2. The summed E-state index contributed by atoms with van der Waals surface area (Å²) in [4.78, 5) is 31.4. The molecule has 134 valence electrons. The minimum atomic E-state index is -0.0914. The molecule has 25 heavy (non-hydrogen) atoms. The predicted molar refractivity (Wildman–Crippen MR) is 98.5 cm³/mol. The summed E-state index contributed by atoms with van der Waals surface area (Å²) in [6.45, 7) is 5.78. The van der Waals surface area contributed by atoms with E-state index in [1.165, 1.54) is 17.3 Å². The van der Waals surface area contributed by atoms with Gasteiger partial charge in [-0.1, -0.05) is 19.1 Å². The maximum Gasteiger partial charge on any atom is 0.261 e. The Balaban J connectivity index is 1.51. The third-order valence-corrected chi connectivity index (χ3v) is 4.80. The number of amides is 1. The number of nitrogens with zero attached hydrogens (tertiary/aromatic N) is 3. The van der Waals surface area contributed by atoms with Gasteiger partial charge >= 0.3 is 0 Å². The van der Waals surface area contributed by atoms with E-state index in [0.717, 1.165) is 32.5 Å². The summed E-state index contributed by atoms with van der Waals surface area (Å²) in [5.74, 6) is 0.00833. The third-order valence-electron chi connectivity index (χ3n) is 4.80. The molecule has 6 nitrogen and oxygen atoms in total. The number of aryl methyl sites for hydroxylation is 1. The highest BCUT2D eigenvalue weighted by Gasteiger charge is 2.20. The first kappa shape index (κ1) is 17.6. The number of carbonyl (C=O) groups excluding carboxylic acids is 1. The van der Waals surface area contributed by atoms with E-state index >= 15 is 0 Å². The largest absolute Gasteiger partial charge is 0.353 e. The second-order valence-electron chi connectivity index (χ2n) is 6.69. The summed E-state index contributed by atoms with van der Waals surface area (Å²) in [6.07, 6.45) is 5.01. The summed E-state index contributed by atoms with van der Waals surface area (Å²) in [5, 5.41) is 3.70. The lowest BCUT2D eigenvalue weighted by molar-refractivity contribution is -0.122. The molecule has 6 heteroatoms. The molecule has 1 fully saturated rings. The zero-order valence-corrected chi connectivity index (χ0v) is 14.8. The number of para-hydroxylation sites is 1. The maximum absolute atomic E-state index is 12.4. The van der Waals surface area contributed by atoms with Gasteiger partial charge in [0.15, 0.2) is 0 Å². The van der Waals surface area contributed by atoms with E-state index < -0.39 is 0 Å². The van der Waals surface area contributed by atoms with Gasteiger partial charge < -0.3 is 10.2 Å². The summed E-state index contributed by atoms with van der Waals surface area (Å²) in [6, 6.07) is 7.53. The van der Waals surface area contributed by atoms with E-state index in [1.807, 2.05) is 18.2 Å². The molecule has 0 unspecified atom stereocenters. The summed E-state index contributed by atoms with van der Waals surface area (Å²) in [7, 11) is 0. The second kappa shape index (κ2) is 8.25. The first-order chi connectivity index (χ1) is 12.2. The van der Waals surface area contributed by atoms with Gasteiger partial charge in [-0.2, -0.15) is 0 Å². The van der Waals surface area contributed by atoms with E-state index in [4.69, 9.17) is 0 Å². The Labute approximate surface area is 147 Å².